The number of hydrogen-bond acceptors (Lipinski definition) is 3. The molecule has 1 atom stereocenters. The van der Waals surface area contributed by atoms with Gasteiger partial charge in [-0.25, -0.2) is 0 Å². The van der Waals surface area contributed by atoms with E-state index in [9.17, 15) is 4.79 Å². The van der Waals surface area contributed by atoms with Gasteiger partial charge in [0.05, 0.1) is 12.7 Å². The van der Waals surface area contributed by atoms with Gasteiger partial charge in [-0.05, 0) is 25.1 Å². The molecule has 0 saturated carbocycles. The third-order valence-electron chi connectivity index (χ3n) is 2.44. The van der Waals surface area contributed by atoms with E-state index in [-0.39, 0.29) is 5.92 Å². The summed E-state index contributed by atoms with van der Waals surface area (Å²) in [5.74, 6) is 1.27. The van der Waals surface area contributed by atoms with Crippen molar-refractivity contribution in [1.82, 2.24) is 5.32 Å². The maximum Gasteiger partial charge on any atom is 0.144 e. The molecule has 3 heteroatoms. The highest BCUT2D eigenvalue weighted by atomic mass is 16.3. The smallest absolute Gasteiger partial charge is 0.144 e. The first-order chi connectivity index (χ1) is 6.36. The van der Waals surface area contributed by atoms with E-state index in [1.54, 1.807) is 6.26 Å². The minimum absolute atomic E-state index is 0.199. The molecule has 13 heavy (non-hydrogen) atoms. The van der Waals surface area contributed by atoms with Crippen molar-refractivity contribution < 1.29 is 9.21 Å². The van der Waals surface area contributed by atoms with E-state index in [1.807, 2.05) is 12.1 Å². The molecule has 0 radical (unpaired) electrons. The summed E-state index contributed by atoms with van der Waals surface area (Å²) in [6.45, 7) is 1.80. The molecule has 3 nitrogen and oxygen atoms in total. The average molecular weight is 179 g/mol. The molecule has 1 fully saturated rings. The SMILES string of the molecule is O=C(Cc1ccco1)C1CCNC1. The van der Waals surface area contributed by atoms with Crippen molar-refractivity contribution in [3.05, 3.63) is 24.2 Å². The van der Waals surface area contributed by atoms with Crippen LogP contribution < -0.4 is 5.32 Å². The number of rotatable bonds is 3. The Hall–Kier alpha value is -1.09. The zero-order valence-corrected chi connectivity index (χ0v) is 7.45. The Morgan fingerprint density at radius 1 is 1.69 bits per heavy atom. The topological polar surface area (TPSA) is 42.2 Å². The van der Waals surface area contributed by atoms with Gasteiger partial charge >= 0.3 is 0 Å². The van der Waals surface area contributed by atoms with Crippen molar-refractivity contribution in [3.8, 4) is 0 Å². The molecule has 0 aromatic carbocycles. The Labute approximate surface area is 77.1 Å². The Kier molecular flexibility index (Phi) is 2.45. The summed E-state index contributed by atoms with van der Waals surface area (Å²) in [7, 11) is 0. The average Bonchev–Trinajstić information content (AvgIpc) is 2.74. The van der Waals surface area contributed by atoms with Crippen LogP contribution >= 0.6 is 0 Å². The fourth-order valence-electron chi connectivity index (χ4n) is 1.66. The lowest BCUT2D eigenvalue weighted by Gasteiger charge is -2.04. The lowest BCUT2D eigenvalue weighted by molar-refractivity contribution is -0.121. The number of hydrogen-bond donors (Lipinski definition) is 1. The molecule has 1 aromatic heterocycles. The highest BCUT2D eigenvalue weighted by Crippen LogP contribution is 2.12. The molecule has 0 aliphatic carbocycles. The molecular formula is C10H13NO2. The van der Waals surface area contributed by atoms with Gasteiger partial charge in [0.1, 0.15) is 11.5 Å². The Balaban J connectivity index is 1.91. The molecule has 1 aliphatic heterocycles. The minimum Gasteiger partial charge on any atom is -0.469 e. The molecule has 70 valence electrons. The van der Waals surface area contributed by atoms with Gasteiger partial charge in [-0.15, -0.1) is 0 Å². The first kappa shape index (κ1) is 8.51. The van der Waals surface area contributed by atoms with Crippen LogP contribution in [0.15, 0.2) is 22.8 Å². The molecule has 1 N–H and O–H groups in total. The molecule has 2 rings (SSSR count). The van der Waals surface area contributed by atoms with E-state index in [4.69, 9.17) is 4.42 Å². The third-order valence-corrected chi connectivity index (χ3v) is 2.44. The van der Waals surface area contributed by atoms with E-state index in [0.29, 0.717) is 12.2 Å². The van der Waals surface area contributed by atoms with Crippen LogP contribution in [0.1, 0.15) is 12.2 Å². The fourth-order valence-corrected chi connectivity index (χ4v) is 1.66. The van der Waals surface area contributed by atoms with Gasteiger partial charge in [0.15, 0.2) is 0 Å². The lowest BCUT2D eigenvalue weighted by atomic mass is 10.0. The fraction of sp³-hybridized carbons (Fsp3) is 0.500. The zero-order chi connectivity index (χ0) is 9.10. The normalized spacial score (nSPS) is 22.0. The van der Waals surface area contributed by atoms with Gasteiger partial charge in [0.25, 0.3) is 0 Å². The van der Waals surface area contributed by atoms with Gasteiger partial charge in [0, 0.05) is 12.5 Å². The Morgan fingerprint density at radius 2 is 2.62 bits per heavy atom. The standard InChI is InChI=1S/C10H13NO2/c12-10(8-3-4-11-7-8)6-9-2-1-5-13-9/h1-2,5,8,11H,3-4,6-7H2. The van der Waals surface area contributed by atoms with Crippen molar-refractivity contribution >= 4 is 5.78 Å². The van der Waals surface area contributed by atoms with E-state index < -0.39 is 0 Å². The van der Waals surface area contributed by atoms with Gasteiger partial charge < -0.3 is 9.73 Å². The summed E-state index contributed by atoms with van der Waals surface area (Å²) in [5.41, 5.74) is 0. The molecule has 1 unspecified atom stereocenters. The van der Waals surface area contributed by atoms with E-state index in [0.717, 1.165) is 25.3 Å². The van der Waals surface area contributed by atoms with Crippen LogP contribution in [0.2, 0.25) is 0 Å². The number of carbonyl (C=O) groups excluding carboxylic acids is 1. The van der Waals surface area contributed by atoms with Crippen LogP contribution in [0.4, 0.5) is 0 Å². The molecule has 1 aliphatic rings. The first-order valence-corrected chi connectivity index (χ1v) is 4.62. The maximum atomic E-state index is 11.6. The summed E-state index contributed by atoms with van der Waals surface area (Å²) in [5, 5.41) is 3.18. The predicted molar refractivity (Wildman–Crippen MR) is 48.4 cm³/mol. The maximum absolute atomic E-state index is 11.6. The van der Waals surface area contributed by atoms with Crippen molar-refractivity contribution in [2.45, 2.75) is 12.8 Å². The number of Topliss-reactive ketones (excluding diaryl/α,β-unsaturated/α-hetero) is 1. The summed E-state index contributed by atoms with van der Waals surface area (Å²) >= 11 is 0. The molecule has 1 saturated heterocycles. The summed E-state index contributed by atoms with van der Waals surface area (Å²) < 4.78 is 5.12. The Bertz CT molecular complexity index is 273. The van der Waals surface area contributed by atoms with Crippen LogP contribution in [0.3, 0.4) is 0 Å². The largest absolute Gasteiger partial charge is 0.469 e. The number of ketones is 1. The molecular weight excluding hydrogens is 166 g/mol. The Morgan fingerprint density at radius 3 is 3.23 bits per heavy atom. The molecule has 1 aromatic rings. The van der Waals surface area contributed by atoms with Crippen LogP contribution in [-0.2, 0) is 11.2 Å². The lowest BCUT2D eigenvalue weighted by Crippen LogP contribution is -2.19. The number of furan rings is 1. The second kappa shape index (κ2) is 3.75. The second-order valence-corrected chi connectivity index (χ2v) is 3.41. The molecule has 0 amide bonds. The molecule has 0 bridgehead atoms. The van der Waals surface area contributed by atoms with Crippen molar-refractivity contribution in [2.24, 2.45) is 5.92 Å². The highest BCUT2D eigenvalue weighted by Gasteiger charge is 2.22. The van der Waals surface area contributed by atoms with Crippen LogP contribution in [0, 0.1) is 5.92 Å². The third kappa shape index (κ3) is 1.98. The second-order valence-electron chi connectivity index (χ2n) is 3.41. The van der Waals surface area contributed by atoms with E-state index in [1.165, 1.54) is 0 Å². The van der Waals surface area contributed by atoms with Crippen LogP contribution in [0.5, 0.6) is 0 Å². The predicted octanol–water partition coefficient (Wildman–Crippen LogP) is 1.00. The van der Waals surface area contributed by atoms with Gasteiger partial charge in [-0.3, -0.25) is 4.79 Å². The quantitative estimate of drug-likeness (QED) is 0.752. The van der Waals surface area contributed by atoms with Crippen molar-refractivity contribution in [3.63, 3.8) is 0 Å². The van der Waals surface area contributed by atoms with Gasteiger partial charge in [0.2, 0.25) is 0 Å². The van der Waals surface area contributed by atoms with Crippen molar-refractivity contribution in [1.29, 1.82) is 0 Å². The summed E-state index contributed by atoms with van der Waals surface area (Å²) in [4.78, 5) is 11.6. The van der Waals surface area contributed by atoms with Crippen LogP contribution in [0.25, 0.3) is 0 Å². The summed E-state index contributed by atoms with van der Waals surface area (Å²) in [6.07, 6.45) is 3.02. The number of nitrogens with one attached hydrogen (secondary N) is 1. The molecule has 2 heterocycles. The van der Waals surface area contributed by atoms with E-state index in [2.05, 4.69) is 5.32 Å². The van der Waals surface area contributed by atoms with Gasteiger partial charge in [-0.2, -0.15) is 0 Å². The van der Waals surface area contributed by atoms with E-state index >= 15 is 0 Å². The first-order valence-electron chi connectivity index (χ1n) is 4.62. The summed E-state index contributed by atoms with van der Waals surface area (Å²) in [6, 6.07) is 3.66. The minimum atomic E-state index is 0.199. The van der Waals surface area contributed by atoms with Gasteiger partial charge in [-0.1, -0.05) is 0 Å². The molecule has 0 spiro atoms. The zero-order valence-electron chi connectivity index (χ0n) is 7.45. The van der Waals surface area contributed by atoms with Crippen molar-refractivity contribution in [2.75, 3.05) is 13.1 Å². The monoisotopic (exact) mass is 179 g/mol. The number of carbonyl (C=O) groups is 1. The highest BCUT2D eigenvalue weighted by molar-refractivity contribution is 5.83. The van der Waals surface area contributed by atoms with Crippen LogP contribution in [-0.4, -0.2) is 18.9 Å².